The summed E-state index contributed by atoms with van der Waals surface area (Å²) in [6.45, 7) is 5.26. The Hall–Kier alpha value is -1.53. The quantitative estimate of drug-likeness (QED) is 0.864. The van der Waals surface area contributed by atoms with E-state index in [1.165, 1.54) is 5.56 Å². The SMILES string of the molecule is Cc1ccc(NC2(C#N)CN3CCC2CC3)cc1. The van der Waals surface area contributed by atoms with Gasteiger partial charge in [0.15, 0.2) is 0 Å². The summed E-state index contributed by atoms with van der Waals surface area (Å²) in [5.41, 5.74) is 1.93. The summed E-state index contributed by atoms with van der Waals surface area (Å²) in [4.78, 5) is 2.41. The van der Waals surface area contributed by atoms with Gasteiger partial charge in [-0.2, -0.15) is 5.26 Å². The topological polar surface area (TPSA) is 39.1 Å². The van der Waals surface area contributed by atoms with Crippen molar-refractivity contribution in [1.82, 2.24) is 4.90 Å². The van der Waals surface area contributed by atoms with Gasteiger partial charge >= 0.3 is 0 Å². The molecular weight excluding hydrogens is 222 g/mol. The minimum atomic E-state index is -0.383. The van der Waals surface area contributed by atoms with Gasteiger partial charge in [-0.15, -0.1) is 0 Å². The van der Waals surface area contributed by atoms with Crippen LogP contribution in [0, 0.1) is 24.2 Å². The second-order valence-corrected chi connectivity index (χ2v) is 5.62. The van der Waals surface area contributed by atoms with E-state index in [0.29, 0.717) is 5.92 Å². The molecule has 2 bridgehead atoms. The molecule has 3 aliphatic rings. The van der Waals surface area contributed by atoms with E-state index in [0.717, 1.165) is 38.2 Å². The maximum Gasteiger partial charge on any atom is 0.141 e. The number of hydrogen-bond acceptors (Lipinski definition) is 3. The molecule has 18 heavy (non-hydrogen) atoms. The Morgan fingerprint density at radius 3 is 2.44 bits per heavy atom. The van der Waals surface area contributed by atoms with Gasteiger partial charge in [-0.1, -0.05) is 17.7 Å². The Balaban J connectivity index is 1.85. The van der Waals surface area contributed by atoms with Crippen molar-refractivity contribution in [3.8, 4) is 6.07 Å². The highest BCUT2D eigenvalue weighted by Crippen LogP contribution is 2.37. The highest BCUT2D eigenvalue weighted by atomic mass is 15.2. The number of benzene rings is 1. The van der Waals surface area contributed by atoms with Crippen LogP contribution in [0.4, 0.5) is 5.69 Å². The largest absolute Gasteiger partial charge is 0.366 e. The molecule has 0 amide bonds. The molecule has 1 unspecified atom stereocenters. The Bertz CT molecular complexity index is 466. The van der Waals surface area contributed by atoms with Crippen molar-refractivity contribution in [2.24, 2.45) is 5.92 Å². The summed E-state index contributed by atoms with van der Waals surface area (Å²) < 4.78 is 0. The maximum atomic E-state index is 9.64. The first-order valence-corrected chi connectivity index (χ1v) is 6.70. The third-order valence-corrected chi connectivity index (χ3v) is 4.38. The fraction of sp³-hybridized carbons (Fsp3) is 0.533. The van der Waals surface area contributed by atoms with Crippen LogP contribution in [0.1, 0.15) is 18.4 Å². The summed E-state index contributed by atoms with van der Waals surface area (Å²) in [7, 11) is 0. The van der Waals surface area contributed by atoms with Gasteiger partial charge in [-0.05, 0) is 50.9 Å². The molecule has 0 spiro atoms. The fourth-order valence-corrected chi connectivity index (χ4v) is 3.26. The predicted octanol–water partition coefficient (Wildman–Crippen LogP) is 2.39. The standard InChI is InChI=1S/C15H19N3/c1-12-2-4-14(5-3-12)17-15(10-16)11-18-8-6-13(15)7-9-18/h2-5,13,17H,6-9,11H2,1H3. The third kappa shape index (κ3) is 1.87. The van der Waals surface area contributed by atoms with E-state index in [9.17, 15) is 5.26 Å². The molecule has 3 aliphatic heterocycles. The molecule has 1 aromatic rings. The van der Waals surface area contributed by atoms with Gasteiger partial charge in [0.25, 0.3) is 0 Å². The highest BCUT2D eigenvalue weighted by molar-refractivity contribution is 5.50. The van der Waals surface area contributed by atoms with Crippen LogP contribution in [-0.4, -0.2) is 30.1 Å². The van der Waals surface area contributed by atoms with E-state index in [1.807, 2.05) is 0 Å². The number of rotatable bonds is 2. The molecule has 0 saturated carbocycles. The number of anilines is 1. The maximum absolute atomic E-state index is 9.64. The van der Waals surface area contributed by atoms with E-state index < -0.39 is 0 Å². The van der Waals surface area contributed by atoms with E-state index in [-0.39, 0.29) is 5.54 Å². The van der Waals surface area contributed by atoms with Crippen LogP contribution in [0.15, 0.2) is 24.3 Å². The van der Waals surface area contributed by atoms with E-state index in [4.69, 9.17) is 0 Å². The van der Waals surface area contributed by atoms with Gasteiger partial charge in [-0.25, -0.2) is 0 Å². The van der Waals surface area contributed by atoms with Crippen LogP contribution in [0.3, 0.4) is 0 Å². The Morgan fingerprint density at radius 1 is 1.28 bits per heavy atom. The van der Waals surface area contributed by atoms with Crippen LogP contribution in [-0.2, 0) is 0 Å². The summed E-state index contributed by atoms with van der Waals surface area (Å²) in [5.74, 6) is 0.494. The Morgan fingerprint density at radius 2 is 1.94 bits per heavy atom. The first-order chi connectivity index (χ1) is 8.72. The zero-order chi connectivity index (χ0) is 12.6. The predicted molar refractivity (Wildman–Crippen MR) is 72.3 cm³/mol. The third-order valence-electron chi connectivity index (χ3n) is 4.38. The fourth-order valence-electron chi connectivity index (χ4n) is 3.26. The van der Waals surface area contributed by atoms with Crippen LogP contribution >= 0.6 is 0 Å². The van der Waals surface area contributed by atoms with Crippen molar-refractivity contribution in [3.63, 3.8) is 0 Å². The summed E-state index contributed by atoms with van der Waals surface area (Å²) in [6.07, 6.45) is 2.29. The van der Waals surface area contributed by atoms with Crippen molar-refractivity contribution in [2.75, 3.05) is 25.0 Å². The summed E-state index contributed by atoms with van der Waals surface area (Å²) >= 11 is 0. The normalized spacial score (nSPS) is 34.0. The van der Waals surface area contributed by atoms with Crippen molar-refractivity contribution in [2.45, 2.75) is 25.3 Å². The van der Waals surface area contributed by atoms with Crippen molar-refractivity contribution in [3.05, 3.63) is 29.8 Å². The molecule has 1 atom stereocenters. The molecule has 0 aromatic heterocycles. The van der Waals surface area contributed by atoms with Crippen molar-refractivity contribution < 1.29 is 0 Å². The lowest BCUT2D eigenvalue weighted by atomic mass is 9.73. The number of fused-ring (bicyclic) bond motifs is 3. The highest BCUT2D eigenvalue weighted by Gasteiger charge is 2.47. The molecule has 1 aromatic carbocycles. The van der Waals surface area contributed by atoms with E-state index in [2.05, 4.69) is 47.5 Å². The Kier molecular flexibility index (Phi) is 2.76. The van der Waals surface area contributed by atoms with Crippen molar-refractivity contribution in [1.29, 1.82) is 5.26 Å². The van der Waals surface area contributed by atoms with E-state index >= 15 is 0 Å². The minimum Gasteiger partial charge on any atom is -0.366 e. The molecule has 94 valence electrons. The zero-order valence-corrected chi connectivity index (χ0v) is 10.8. The number of nitriles is 1. The molecule has 3 saturated heterocycles. The zero-order valence-electron chi connectivity index (χ0n) is 10.8. The van der Waals surface area contributed by atoms with Crippen LogP contribution in [0.5, 0.6) is 0 Å². The van der Waals surface area contributed by atoms with Gasteiger partial charge in [0.1, 0.15) is 5.54 Å². The van der Waals surface area contributed by atoms with Gasteiger partial charge in [0, 0.05) is 12.2 Å². The van der Waals surface area contributed by atoms with E-state index in [1.54, 1.807) is 0 Å². The van der Waals surface area contributed by atoms with Gasteiger partial charge in [-0.3, -0.25) is 4.90 Å². The molecule has 3 fully saturated rings. The van der Waals surface area contributed by atoms with Gasteiger partial charge in [0.05, 0.1) is 6.07 Å². The average Bonchev–Trinajstić information content (AvgIpc) is 2.43. The van der Waals surface area contributed by atoms with Crippen LogP contribution < -0.4 is 5.32 Å². The average molecular weight is 241 g/mol. The monoisotopic (exact) mass is 241 g/mol. The summed E-state index contributed by atoms with van der Waals surface area (Å²) in [6, 6.07) is 10.9. The lowest BCUT2D eigenvalue weighted by Crippen LogP contribution is -2.62. The number of nitrogens with one attached hydrogen (secondary N) is 1. The van der Waals surface area contributed by atoms with Gasteiger partial charge < -0.3 is 5.32 Å². The van der Waals surface area contributed by atoms with Gasteiger partial charge in [0.2, 0.25) is 0 Å². The number of piperidine rings is 3. The number of nitrogens with zero attached hydrogens (tertiary/aromatic N) is 2. The molecule has 3 heteroatoms. The first-order valence-electron chi connectivity index (χ1n) is 6.70. The van der Waals surface area contributed by atoms with Crippen molar-refractivity contribution >= 4 is 5.69 Å². The molecule has 3 heterocycles. The number of hydrogen-bond donors (Lipinski definition) is 1. The molecule has 0 radical (unpaired) electrons. The lowest BCUT2D eigenvalue weighted by molar-refractivity contribution is 0.0675. The smallest absolute Gasteiger partial charge is 0.141 e. The molecule has 3 nitrogen and oxygen atoms in total. The molecule has 4 rings (SSSR count). The Labute approximate surface area is 108 Å². The second-order valence-electron chi connectivity index (χ2n) is 5.62. The first kappa shape index (κ1) is 11.6. The minimum absolute atomic E-state index is 0.383. The summed E-state index contributed by atoms with van der Waals surface area (Å²) in [5, 5.41) is 13.1. The second kappa shape index (κ2) is 4.29. The number of aryl methyl sites for hydroxylation is 1. The molecular formula is C15H19N3. The van der Waals surface area contributed by atoms with Crippen LogP contribution in [0.2, 0.25) is 0 Å². The molecule has 1 N–H and O–H groups in total. The molecule has 0 aliphatic carbocycles. The lowest BCUT2D eigenvalue weighted by Gasteiger charge is -2.50. The van der Waals surface area contributed by atoms with Crippen LogP contribution in [0.25, 0.3) is 0 Å².